The molecular weight excluding hydrogens is 448 g/mol. The van der Waals surface area contributed by atoms with Crippen molar-refractivity contribution in [3.05, 3.63) is 70.8 Å². The van der Waals surface area contributed by atoms with Crippen LogP contribution in [0.1, 0.15) is 28.2 Å². The highest BCUT2D eigenvalue weighted by Gasteiger charge is 2.40. The van der Waals surface area contributed by atoms with Crippen molar-refractivity contribution < 1.29 is 13.2 Å². The molecule has 2 atom stereocenters. The number of carbonyl (C=O) groups is 1. The van der Waals surface area contributed by atoms with E-state index in [0.717, 1.165) is 6.54 Å². The molecule has 0 aromatic heterocycles. The number of benzene rings is 2. The highest BCUT2D eigenvalue weighted by atomic mass is 32.2. The number of amides is 2. The normalized spacial score (nSPS) is 21.9. The van der Waals surface area contributed by atoms with Crippen molar-refractivity contribution in [1.82, 2.24) is 19.0 Å². The van der Waals surface area contributed by atoms with E-state index < -0.39 is 10.0 Å². The fourth-order valence-electron chi connectivity index (χ4n) is 5.39. The van der Waals surface area contributed by atoms with E-state index in [0.29, 0.717) is 39.3 Å². The Balaban J connectivity index is 1.50. The van der Waals surface area contributed by atoms with Gasteiger partial charge in [0.15, 0.2) is 0 Å². The number of sulfonamides is 1. The second-order valence-corrected chi connectivity index (χ2v) is 11.8. The van der Waals surface area contributed by atoms with Gasteiger partial charge in [0.25, 0.3) is 0 Å². The van der Waals surface area contributed by atoms with Crippen LogP contribution in [-0.4, -0.2) is 92.1 Å². The highest BCUT2D eigenvalue weighted by molar-refractivity contribution is 7.88. The quantitative estimate of drug-likeness (QED) is 0.655. The predicted molar refractivity (Wildman–Crippen MR) is 135 cm³/mol. The number of hydrogen-bond donors (Lipinski definition) is 0. The molecule has 184 valence electrons. The van der Waals surface area contributed by atoms with Crippen LogP contribution < -0.4 is 0 Å². The van der Waals surface area contributed by atoms with Gasteiger partial charge in [-0.2, -0.15) is 4.31 Å². The first-order chi connectivity index (χ1) is 16.1. The first-order valence-corrected chi connectivity index (χ1v) is 13.8. The summed E-state index contributed by atoms with van der Waals surface area (Å²) >= 11 is 0. The minimum atomic E-state index is -3.22. The lowest BCUT2D eigenvalue weighted by molar-refractivity contribution is 0.138. The number of aryl methyl sites for hydroxylation is 2. The molecule has 0 aliphatic carbocycles. The van der Waals surface area contributed by atoms with Gasteiger partial charge in [-0.05, 0) is 32.0 Å². The molecule has 0 unspecified atom stereocenters. The number of piperazine rings is 1. The lowest BCUT2D eigenvalue weighted by Crippen LogP contribution is -2.53. The van der Waals surface area contributed by atoms with E-state index in [1.807, 2.05) is 11.0 Å². The van der Waals surface area contributed by atoms with E-state index in [9.17, 15) is 13.2 Å². The van der Waals surface area contributed by atoms with Crippen molar-refractivity contribution in [2.24, 2.45) is 0 Å². The second kappa shape index (κ2) is 10.1. The maximum absolute atomic E-state index is 13.4. The summed E-state index contributed by atoms with van der Waals surface area (Å²) < 4.78 is 25.1. The van der Waals surface area contributed by atoms with Crippen molar-refractivity contribution in [1.29, 1.82) is 0 Å². The van der Waals surface area contributed by atoms with E-state index in [4.69, 9.17) is 0 Å². The third-order valence-electron chi connectivity index (χ3n) is 7.05. The zero-order chi connectivity index (χ0) is 24.5. The van der Waals surface area contributed by atoms with Gasteiger partial charge < -0.3 is 9.80 Å². The third kappa shape index (κ3) is 5.62. The van der Waals surface area contributed by atoms with Gasteiger partial charge in [-0.15, -0.1) is 0 Å². The average molecular weight is 485 g/mol. The second-order valence-electron chi connectivity index (χ2n) is 9.83. The molecule has 2 saturated heterocycles. The zero-order valence-electron chi connectivity index (χ0n) is 20.6. The summed E-state index contributed by atoms with van der Waals surface area (Å²) in [4.78, 5) is 19.5. The van der Waals surface area contributed by atoms with Crippen molar-refractivity contribution in [2.75, 3.05) is 52.6 Å². The minimum absolute atomic E-state index is 0.0105. The van der Waals surface area contributed by atoms with Crippen LogP contribution in [0.2, 0.25) is 0 Å². The fraction of sp³-hybridized carbons (Fsp3) is 0.500. The molecule has 0 radical (unpaired) electrons. The van der Waals surface area contributed by atoms with Crippen LogP contribution in [0, 0.1) is 13.8 Å². The van der Waals surface area contributed by atoms with Gasteiger partial charge in [0, 0.05) is 57.8 Å². The number of likely N-dealkylation sites (N-methyl/N-ethyl adjacent to an activating group) is 1. The number of likely N-dealkylation sites (tertiary alicyclic amines) is 1. The average Bonchev–Trinajstić information content (AvgIpc) is 3.24. The molecule has 2 amide bonds. The number of hydrogen-bond acceptors (Lipinski definition) is 4. The molecular formula is C26H36N4O3S. The first kappa shape index (κ1) is 24.7. The van der Waals surface area contributed by atoms with E-state index in [2.05, 4.69) is 68.3 Å². The lowest BCUT2D eigenvalue weighted by Gasteiger charge is -2.35. The molecule has 8 heteroatoms. The summed E-state index contributed by atoms with van der Waals surface area (Å²) in [6.07, 6.45) is 1.23. The Morgan fingerprint density at radius 1 is 0.941 bits per heavy atom. The maximum Gasteiger partial charge on any atom is 0.320 e. The Kier molecular flexibility index (Phi) is 7.31. The SMILES string of the molecule is Cc1cc(C)cc(CN(C)[C@H]2CN(C(=O)N3CCN(S(C)(=O)=O)CC3)C[C@@H]2c2ccccc2)c1. The number of nitrogens with zero attached hydrogens (tertiary/aromatic N) is 4. The monoisotopic (exact) mass is 484 g/mol. The molecule has 0 saturated carbocycles. The maximum atomic E-state index is 13.4. The van der Waals surface area contributed by atoms with Crippen molar-refractivity contribution in [3.8, 4) is 0 Å². The van der Waals surface area contributed by atoms with Gasteiger partial charge >= 0.3 is 6.03 Å². The number of rotatable bonds is 5. The Morgan fingerprint density at radius 3 is 2.15 bits per heavy atom. The summed E-state index contributed by atoms with van der Waals surface area (Å²) in [5, 5.41) is 0. The Bertz CT molecular complexity index is 1090. The van der Waals surface area contributed by atoms with Gasteiger partial charge in [0.05, 0.1) is 6.26 Å². The molecule has 34 heavy (non-hydrogen) atoms. The summed E-state index contributed by atoms with van der Waals surface area (Å²) in [7, 11) is -1.07. The molecule has 2 aromatic carbocycles. The van der Waals surface area contributed by atoms with Crippen LogP contribution in [0.3, 0.4) is 0 Å². The van der Waals surface area contributed by atoms with Gasteiger partial charge in [-0.25, -0.2) is 13.2 Å². The summed E-state index contributed by atoms with van der Waals surface area (Å²) in [6, 6.07) is 17.3. The van der Waals surface area contributed by atoms with Crippen LogP contribution in [0.15, 0.2) is 48.5 Å². The van der Waals surface area contributed by atoms with E-state index in [1.54, 1.807) is 4.90 Å². The van der Waals surface area contributed by atoms with Crippen LogP contribution >= 0.6 is 0 Å². The van der Waals surface area contributed by atoms with Gasteiger partial charge in [0.1, 0.15) is 0 Å². The molecule has 2 fully saturated rings. The van der Waals surface area contributed by atoms with E-state index >= 15 is 0 Å². The molecule has 2 aliphatic rings. The van der Waals surface area contributed by atoms with Crippen molar-refractivity contribution in [3.63, 3.8) is 0 Å². The van der Waals surface area contributed by atoms with Crippen LogP contribution in [-0.2, 0) is 16.6 Å². The summed E-state index contributed by atoms with van der Waals surface area (Å²) in [5.41, 5.74) is 5.06. The smallest absolute Gasteiger partial charge is 0.320 e. The molecule has 7 nitrogen and oxygen atoms in total. The fourth-order valence-corrected chi connectivity index (χ4v) is 6.22. The molecule has 0 spiro atoms. The van der Waals surface area contributed by atoms with Crippen LogP contribution in [0.5, 0.6) is 0 Å². The molecule has 2 heterocycles. The van der Waals surface area contributed by atoms with E-state index in [1.165, 1.54) is 32.8 Å². The van der Waals surface area contributed by atoms with Crippen LogP contribution in [0.4, 0.5) is 4.79 Å². The predicted octanol–water partition coefficient (Wildman–Crippen LogP) is 2.90. The number of carbonyl (C=O) groups excluding carboxylic acids is 1. The largest absolute Gasteiger partial charge is 0.322 e. The Hall–Kier alpha value is -2.42. The zero-order valence-corrected chi connectivity index (χ0v) is 21.5. The number of urea groups is 1. The summed E-state index contributed by atoms with van der Waals surface area (Å²) in [6.45, 7) is 7.98. The van der Waals surface area contributed by atoms with Gasteiger partial charge in [-0.1, -0.05) is 59.7 Å². The Labute approximate surface area is 204 Å². The van der Waals surface area contributed by atoms with E-state index in [-0.39, 0.29) is 18.0 Å². The van der Waals surface area contributed by atoms with Crippen molar-refractivity contribution in [2.45, 2.75) is 32.4 Å². The Morgan fingerprint density at radius 2 is 1.56 bits per heavy atom. The van der Waals surface area contributed by atoms with Crippen LogP contribution in [0.25, 0.3) is 0 Å². The standard InChI is InChI=1S/C26H36N4O3S/c1-20-14-21(2)16-22(15-20)17-27(3)25-19-29(18-24(25)23-8-6-5-7-9-23)26(31)28-10-12-30(13-11-28)34(4,32)33/h5-9,14-16,24-25H,10-13,17-19H2,1-4H3/t24-,25+/m1/s1. The summed E-state index contributed by atoms with van der Waals surface area (Å²) in [5.74, 6) is 0.221. The molecule has 0 N–H and O–H groups in total. The molecule has 2 aromatic rings. The van der Waals surface area contributed by atoms with Crippen molar-refractivity contribution >= 4 is 16.1 Å². The lowest BCUT2D eigenvalue weighted by atomic mass is 9.93. The highest BCUT2D eigenvalue weighted by Crippen LogP contribution is 2.32. The van der Waals surface area contributed by atoms with Gasteiger partial charge in [0.2, 0.25) is 10.0 Å². The van der Waals surface area contributed by atoms with Gasteiger partial charge in [-0.3, -0.25) is 4.90 Å². The molecule has 0 bridgehead atoms. The topological polar surface area (TPSA) is 64.2 Å². The first-order valence-electron chi connectivity index (χ1n) is 11.9. The molecule has 4 rings (SSSR count). The minimum Gasteiger partial charge on any atom is -0.322 e. The molecule has 2 aliphatic heterocycles. The third-order valence-corrected chi connectivity index (χ3v) is 8.35.